The lowest BCUT2D eigenvalue weighted by Crippen LogP contribution is -2.43. The third-order valence-corrected chi connectivity index (χ3v) is 4.48. The number of guanidine groups is 1. The molecule has 0 spiro atoms. The van der Waals surface area contributed by atoms with Crippen LogP contribution in [0.25, 0.3) is 0 Å². The Morgan fingerprint density at radius 2 is 2.26 bits per heavy atom. The minimum absolute atomic E-state index is 0.592. The van der Waals surface area contributed by atoms with Gasteiger partial charge < -0.3 is 10.2 Å². The summed E-state index contributed by atoms with van der Waals surface area (Å²) in [5, 5.41) is 7.65. The first-order valence-corrected chi connectivity index (χ1v) is 8.85. The fourth-order valence-corrected chi connectivity index (χ4v) is 3.25. The van der Waals surface area contributed by atoms with Crippen molar-refractivity contribution in [2.45, 2.75) is 45.7 Å². The van der Waals surface area contributed by atoms with Crippen molar-refractivity contribution in [1.29, 1.82) is 0 Å². The Balaban J connectivity index is 1.97. The first-order valence-electron chi connectivity index (χ1n) is 8.85. The molecule has 1 fully saturated rings. The Kier molecular flexibility index (Phi) is 6.89. The Bertz CT molecular complexity index is 495. The summed E-state index contributed by atoms with van der Waals surface area (Å²) in [5.74, 6) is 0.984. The van der Waals surface area contributed by atoms with Crippen LogP contribution in [0.5, 0.6) is 0 Å². The Morgan fingerprint density at radius 3 is 2.91 bits per heavy atom. The summed E-state index contributed by atoms with van der Waals surface area (Å²) in [6, 6.07) is 0.592. The maximum absolute atomic E-state index is 4.90. The lowest BCUT2D eigenvalue weighted by molar-refractivity contribution is 0.161. The molecule has 0 amide bonds. The van der Waals surface area contributed by atoms with E-state index in [1.807, 2.05) is 17.9 Å². The molecule has 2 rings (SSSR count). The fraction of sp³-hybridized carbons (Fsp3) is 0.765. The van der Waals surface area contributed by atoms with Gasteiger partial charge >= 0.3 is 0 Å². The summed E-state index contributed by atoms with van der Waals surface area (Å²) >= 11 is 0. The third kappa shape index (κ3) is 5.23. The maximum atomic E-state index is 4.90. The monoisotopic (exact) mass is 320 g/mol. The number of hydrogen-bond donors (Lipinski definition) is 1. The second-order valence-corrected chi connectivity index (χ2v) is 6.35. The van der Waals surface area contributed by atoms with Crippen molar-refractivity contribution < 1.29 is 0 Å². The average Bonchev–Trinajstić information content (AvgIpc) is 2.96. The first kappa shape index (κ1) is 17.8. The summed E-state index contributed by atoms with van der Waals surface area (Å²) < 4.78 is 1.84. The van der Waals surface area contributed by atoms with E-state index < -0.39 is 0 Å². The van der Waals surface area contributed by atoms with Gasteiger partial charge in [0.1, 0.15) is 0 Å². The molecule has 1 aromatic heterocycles. The standard InChI is InChI=1S/C17H32N6/c1-5-18-17(21(3)13-15-11-20-22(4)14-15)19-12-16-9-7-8-10-23(16)6-2/h11,14,16H,5-10,12-13H2,1-4H3,(H,18,19). The molecule has 0 aliphatic carbocycles. The predicted octanol–water partition coefficient (Wildman–Crippen LogP) is 1.69. The fourth-order valence-electron chi connectivity index (χ4n) is 3.25. The average molecular weight is 320 g/mol. The number of aliphatic imine (C=N–C) groups is 1. The highest BCUT2D eigenvalue weighted by atomic mass is 15.3. The highest BCUT2D eigenvalue weighted by Crippen LogP contribution is 2.16. The van der Waals surface area contributed by atoms with Crippen LogP contribution in [0, 0.1) is 0 Å². The van der Waals surface area contributed by atoms with Crippen LogP contribution >= 0.6 is 0 Å². The van der Waals surface area contributed by atoms with E-state index in [0.717, 1.165) is 32.1 Å². The van der Waals surface area contributed by atoms with Gasteiger partial charge in [0, 0.05) is 45.0 Å². The predicted molar refractivity (Wildman–Crippen MR) is 95.5 cm³/mol. The number of nitrogens with one attached hydrogen (secondary N) is 1. The molecule has 0 aromatic carbocycles. The van der Waals surface area contributed by atoms with Crippen LogP contribution in [0.15, 0.2) is 17.4 Å². The molecule has 2 heterocycles. The number of likely N-dealkylation sites (N-methyl/N-ethyl adjacent to an activating group) is 1. The molecule has 6 heteroatoms. The van der Waals surface area contributed by atoms with Crippen LogP contribution in [0.3, 0.4) is 0 Å². The van der Waals surface area contributed by atoms with Crippen LogP contribution in [0.1, 0.15) is 38.7 Å². The van der Waals surface area contributed by atoms with Crippen LogP contribution in [0.4, 0.5) is 0 Å². The molecule has 1 saturated heterocycles. The number of aryl methyl sites for hydroxylation is 1. The van der Waals surface area contributed by atoms with Gasteiger partial charge in [-0.2, -0.15) is 5.10 Å². The SMILES string of the molecule is CCNC(=NCC1CCCCN1CC)N(C)Cc1cnn(C)c1. The van der Waals surface area contributed by atoms with Gasteiger partial charge in [0.05, 0.1) is 12.7 Å². The third-order valence-electron chi connectivity index (χ3n) is 4.48. The minimum Gasteiger partial charge on any atom is -0.357 e. The lowest BCUT2D eigenvalue weighted by Gasteiger charge is -2.34. The summed E-state index contributed by atoms with van der Waals surface area (Å²) in [6.07, 6.45) is 7.90. The molecule has 0 radical (unpaired) electrons. The molecule has 0 bridgehead atoms. The van der Waals surface area contributed by atoms with Gasteiger partial charge in [0.15, 0.2) is 5.96 Å². The molecule has 130 valence electrons. The molecule has 1 atom stereocenters. The molecule has 1 unspecified atom stereocenters. The number of nitrogens with zero attached hydrogens (tertiary/aromatic N) is 5. The van der Waals surface area contributed by atoms with Crippen LogP contribution in [-0.2, 0) is 13.6 Å². The molecular weight excluding hydrogens is 288 g/mol. The lowest BCUT2D eigenvalue weighted by atomic mass is 10.0. The van der Waals surface area contributed by atoms with Crippen molar-refractivity contribution >= 4 is 5.96 Å². The van der Waals surface area contributed by atoms with E-state index in [9.17, 15) is 0 Å². The highest BCUT2D eigenvalue weighted by molar-refractivity contribution is 5.79. The van der Waals surface area contributed by atoms with Gasteiger partial charge in [-0.1, -0.05) is 13.3 Å². The zero-order valence-electron chi connectivity index (χ0n) is 15.1. The van der Waals surface area contributed by atoms with Gasteiger partial charge in [0.2, 0.25) is 0 Å². The summed E-state index contributed by atoms with van der Waals surface area (Å²) in [7, 11) is 4.04. The number of likely N-dealkylation sites (tertiary alicyclic amines) is 1. The van der Waals surface area contributed by atoms with E-state index >= 15 is 0 Å². The van der Waals surface area contributed by atoms with Gasteiger partial charge in [0.25, 0.3) is 0 Å². The molecule has 1 aromatic rings. The van der Waals surface area contributed by atoms with E-state index in [4.69, 9.17) is 4.99 Å². The summed E-state index contributed by atoms with van der Waals surface area (Å²) in [5.41, 5.74) is 1.20. The van der Waals surface area contributed by atoms with Crippen LogP contribution < -0.4 is 5.32 Å². The number of hydrogen-bond acceptors (Lipinski definition) is 3. The largest absolute Gasteiger partial charge is 0.357 e. The van der Waals surface area contributed by atoms with Gasteiger partial charge in [-0.15, -0.1) is 0 Å². The van der Waals surface area contributed by atoms with Crippen molar-refractivity contribution in [2.24, 2.45) is 12.0 Å². The van der Waals surface area contributed by atoms with Crippen molar-refractivity contribution in [1.82, 2.24) is 24.9 Å². The van der Waals surface area contributed by atoms with E-state index in [1.54, 1.807) is 0 Å². The van der Waals surface area contributed by atoms with E-state index in [0.29, 0.717) is 6.04 Å². The van der Waals surface area contributed by atoms with Crippen LogP contribution in [0.2, 0.25) is 0 Å². The second-order valence-electron chi connectivity index (χ2n) is 6.35. The smallest absolute Gasteiger partial charge is 0.194 e. The molecular formula is C17H32N6. The quantitative estimate of drug-likeness (QED) is 0.640. The second kappa shape index (κ2) is 8.91. The molecule has 23 heavy (non-hydrogen) atoms. The topological polar surface area (TPSA) is 48.7 Å². The summed E-state index contributed by atoms with van der Waals surface area (Å²) in [4.78, 5) is 9.65. The number of piperidine rings is 1. The van der Waals surface area contributed by atoms with Crippen molar-refractivity contribution in [2.75, 3.05) is 33.2 Å². The van der Waals surface area contributed by atoms with E-state index in [-0.39, 0.29) is 0 Å². The van der Waals surface area contributed by atoms with Gasteiger partial charge in [-0.3, -0.25) is 14.6 Å². The zero-order chi connectivity index (χ0) is 16.7. The molecule has 1 aliphatic heterocycles. The van der Waals surface area contributed by atoms with Crippen molar-refractivity contribution in [3.63, 3.8) is 0 Å². The van der Waals surface area contributed by atoms with E-state index in [2.05, 4.69) is 47.3 Å². The number of aromatic nitrogens is 2. The summed E-state index contributed by atoms with van der Waals surface area (Å²) in [6.45, 7) is 9.31. The van der Waals surface area contributed by atoms with Crippen LogP contribution in [-0.4, -0.2) is 64.8 Å². The zero-order valence-corrected chi connectivity index (χ0v) is 15.1. The Hall–Kier alpha value is -1.56. The highest BCUT2D eigenvalue weighted by Gasteiger charge is 2.20. The van der Waals surface area contributed by atoms with E-state index in [1.165, 1.54) is 31.4 Å². The molecule has 1 N–H and O–H groups in total. The normalized spacial score (nSPS) is 19.8. The Labute approximate surface area is 140 Å². The molecule has 1 aliphatic rings. The van der Waals surface area contributed by atoms with Crippen molar-refractivity contribution in [3.05, 3.63) is 18.0 Å². The molecule has 6 nitrogen and oxygen atoms in total. The van der Waals surface area contributed by atoms with Gasteiger partial charge in [-0.05, 0) is 32.9 Å². The number of rotatable bonds is 6. The minimum atomic E-state index is 0.592. The Morgan fingerprint density at radius 1 is 1.43 bits per heavy atom. The molecule has 0 saturated carbocycles. The first-order chi connectivity index (χ1) is 11.1. The van der Waals surface area contributed by atoms with Gasteiger partial charge in [-0.25, -0.2) is 0 Å². The maximum Gasteiger partial charge on any atom is 0.194 e. The van der Waals surface area contributed by atoms with Crippen molar-refractivity contribution in [3.8, 4) is 0 Å².